The molecule has 1 saturated heterocycles. The minimum atomic E-state index is -4.82. The van der Waals surface area contributed by atoms with Crippen LogP contribution in [0.3, 0.4) is 0 Å². The van der Waals surface area contributed by atoms with Crippen molar-refractivity contribution in [2.24, 2.45) is 0 Å². The molecule has 3 rings (SSSR count). The monoisotopic (exact) mass is 499 g/mol. The highest BCUT2D eigenvalue weighted by molar-refractivity contribution is 5.87. The van der Waals surface area contributed by atoms with E-state index < -0.39 is 47.4 Å². The highest BCUT2D eigenvalue weighted by Crippen LogP contribution is 2.37. The summed E-state index contributed by atoms with van der Waals surface area (Å²) in [7, 11) is 0. The van der Waals surface area contributed by atoms with E-state index in [1.807, 2.05) is 0 Å². The number of cyclic esters (lactones) is 1. The number of hydrogen-bond acceptors (Lipinski definition) is 4. The minimum absolute atomic E-state index is 0.0256. The molecule has 11 heteroatoms. The summed E-state index contributed by atoms with van der Waals surface area (Å²) in [5.74, 6) is -5.09. The Labute approximate surface area is 197 Å². The smallest absolute Gasteiger partial charge is 0.416 e. The van der Waals surface area contributed by atoms with Crippen LogP contribution in [0.15, 0.2) is 60.7 Å². The van der Waals surface area contributed by atoms with Crippen LogP contribution < -0.4 is 0 Å². The van der Waals surface area contributed by atoms with Crippen LogP contribution in [0.4, 0.5) is 26.7 Å². The number of amides is 1. The molecule has 2 atom stereocenters. The van der Waals surface area contributed by atoms with Gasteiger partial charge in [-0.25, -0.2) is 9.59 Å². The van der Waals surface area contributed by atoms with E-state index in [0.29, 0.717) is 12.5 Å². The summed E-state index contributed by atoms with van der Waals surface area (Å²) in [5.41, 5.74) is -1.42. The molecule has 0 aliphatic carbocycles. The molecule has 1 fully saturated rings. The third-order valence-corrected chi connectivity index (χ3v) is 5.58. The summed E-state index contributed by atoms with van der Waals surface area (Å²) >= 11 is 0. The van der Waals surface area contributed by atoms with Crippen LogP contribution in [0.2, 0.25) is 0 Å². The summed E-state index contributed by atoms with van der Waals surface area (Å²) in [5, 5.41) is 19.0. The van der Waals surface area contributed by atoms with Crippen molar-refractivity contribution in [3.63, 3.8) is 0 Å². The Kier molecular flexibility index (Phi) is 7.79. The van der Waals surface area contributed by atoms with Crippen LogP contribution in [-0.4, -0.2) is 52.5 Å². The van der Waals surface area contributed by atoms with Crippen molar-refractivity contribution in [2.45, 2.75) is 37.1 Å². The van der Waals surface area contributed by atoms with E-state index in [4.69, 9.17) is 9.84 Å². The van der Waals surface area contributed by atoms with Gasteiger partial charge in [-0.3, -0.25) is 0 Å². The number of hydrogen-bond donors (Lipinski definition) is 2. The van der Waals surface area contributed by atoms with Gasteiger partial charge in [0.15, 0.2) is 0 Å². The number of halogens is 5. The fourth-order valence-corrected chi connectivity index (χ4v) is 3.59. The van der Waals surface area contributed by atoms with E-state index in [2.05, 4.69) is 0 Å². The molecule has 188 valence electrons. The number of aromatic carboxylic acids is 1. The van der Waals surface area contributed by atoms with E-state index in [9.17, 15) is 36.6 Å². The van der Waals surface area contributed by atoms with Crippen molar-refractivity contribution in [1.82, 2.24) is 4.90 Å². The van der Waals surface area contributed by atoms with Gasteiger partial charge < -0.3 is 19.8 Å². The van der Waals surface area contributed by atoms with Crippen LogP contribution in [0.25, 0.3) is 0 Å². The Morgan fingerprint density at radius 2 is 1.77 bits per heavy atom. The fourth-order valence-electron chi connectivity index (χ4n) is 3.59. The normalized spacial score (nSPS) is 17.9. The largest absolute Gasteiger partial charge is 0.478 e. The van der Waals surface area contributed by atoms with E-state index >= 15 is 0 Å². The van der Waals surface area contributed by atoms with Gasteiger partial charge in [-0.2, -0.15) is 22.0 Å². The van der Waals surface area contributed by atoms with Gasteiger partial charge in [0.05, 0.1) is 23.8 Å². The predicted octanol–water partition coefficient (Wildman–Crippen LogP) is 4.87. The number of carboxylic acids is 1. The molecule has 2 N–H and O–H groups in total. The number of nitrogens with zero attached hydrogens (tertiary/aromatic N) is 1. The predicted molar refractivity (Wildman–Crippen MR) is 114 cm³/mol. The van der Waals surface area contributed by atoms with E-state index in [1.165, 1.54) is 23.1 Å². The molecule has 0 bridgehead atoms. The number of alkyl halides is 5. The molecular formula is C24H22F5NO5. The maximum atomic E-state index is 14.7. The van der Waals surface area contributed by atoms with Gasteiger partial charge in [0.1, 0.15) is 6.10 Å². The standard InChI is InChI=1S/C24H22F5NO5/c25-23(26,17-2-1-3-18(14-17)24(27,28)29)20(31)9-8-19-11-13-35-22(34)30(19)12-10-15-4-6-16(7-5-15)21(32)33/h1-9,14,19-20,31H,10-13H2,(H,32,33)/b9-8+/t19-,20+/m0/s1. The highest BCUT2D eigenvalue weighted by atomic mass is 19.4. The Morgan fingerprint density at radius 1 is 1.11 bits per heavy atom. The zero-order valence-electron chi connectivity index (χ0n) is 18.2. The lowest BCUT2D eigenvalue weighted by Gasteiger charge is -2.33. The van der Waals surface area contributed by atoms with E-state index in [-0.39, 0.29) is 31.2 Å². The van der Waals surface area contributed by atoms with Crippen molar-refractivity contribution in [2.75, 3.05) is 13.2 Å². The van der Waals surface area contributed by atoms with Gasteiger partial charge in [-0.1, -0.05) is 36.4 Å². The number of ether oxygens (including phenoxy) is 1. The molecule has 2 aromatic carbocycles. The second-order valence-electron chi connectivity index (χ2n) is 7.95. The number of aliphatic hydroxyl groups is 1. The minimum Gasteiger partial charge on any atom is -0.478 e. The van der Waals surface area contributed by atoms with Crippen LogP contribution in [-0.2, 0) is 23.3 Å². The first-order valence-corrected chi connectivity index (χ1v) is 10.6. The van der Waals surface area contributed by atoms with Gasteiger partial charge in [-0.05, 0) is 36.2 Å². The van der Waals surface area contributed by atoms with Crippen molar-refractivity contribution < 1.29 is 46.5 Å². The quantitative estimate of drug-likeness (QED) is 0.400. The first-order chi connectivity index (χ1) is 16.4. The van der Waals surface area contributed by atoms with Gasteiger partial charge in [0.2, 0.25) is 0 Å². The third kappa shape index (κ3) is 6.36. The van der Waals surface area contributed by atoms with Crippen LogP contribution in [0.5, 0.6) is 0 Å². The summed E-state index contributed by atoms with van der Waals surface area (Å²) in [6.07, 6.45) is -5.39. The average molecular weight is 499 g/mol. The van der Waals surface area contributed by atoms with Gasteiger partial charge in [0, 0.05) is 18.5 Å². The number of benzene rings is 2. The Balaban J connectivity index is 1.71. The van der Waals surface area contributed by atoms with Crippen molar-refractivity contribution in [3.05, 3.63) is 82.9 Å². The van der Waals surface area contributed by atoms with Crippen LogP contribution >= 0.6 is 0 Å². The molecule has 0 saturated carbocycles. The molecule has 1 aliphatic heterocycles. The number of rotatable bonds is 8. The molecule has 0 spiro atoms. The van der Waals surface area contributed by atoms with E-state index in [1.54, 1.807) is 12.1 Å². The SMILES string of the molecule is O=C(O)c1ccc(CCN2C(=O)OCC[C@@H]2/C=C/[C@@H](O)C(F)(F)c2cccc(C(F)(F)F)c2)cc1. The number of carbonyl (C=O) groups is 2. The van der Waals surface area contributed by atoms with Crippen molar-refractivity contribution in [1.29, 1.82) is 0 Å². The van der Waals surface area contributed by atoms with Crippen LogP contribution in [0, 0.1) is 0 Å². The number of carbonyl (C=O) groups excluding carboxylic acids is 1. The fraction of sp³-hybridized carbons (Fsp3) is 0.333. The summed E-state index contributed by atoms with van der Waals surface area (Å²) in [6, 6.07) is 7.88. The van der Waals surface area contributed by atoms with Gasteiger partial charge in [0.25, 0.3) is 0 Å². The molecule has 35 heavy (non-hydrogen) atoms. The molecule has 2 aromatic rings. The molecule has 0 radical (unpaired) electrons. The first-order valence-electron chi connectivity index (χ1n) is 10.6. The Hall–Kier alpha value is -3.47. The van der Waals surface area contributed by atoms with E-state index in [0.717, 1.165) is 23.8 Å². The maximum Gasteiger partial charge on any atom is 0.416 e. The lowest BCUT2D eigenvalue weighted by molar-refractivity contribution is -0.138. The Bertz CT molecular complexity index is 1080. The highest BCUT2D eigenvalue weighted by Gasteiger charge is 2.41. The molecular weight excluding hydrogens is 477 g/mol. The lowest BCUT2D eigenvalue weighted by Crippen LogP contribution is -2.45. The first kappa shape index (κ1) is 26.1. The molecule has 6 nitrogen and oxygen atoms in total. The zero-order valence-corrected chi connectivity index (χ0v) is 18.2. The summed E-state index contributed by atoms with van der Waals surface area (Å²) in [6.45, 7) is 0.151. The molecule has 1 heterocycles. The second kappa shape index (κ2) is 10.4. The summed E-state index contributed by atoms with van der Waals surface area (Å²) < 4.78 is 73.0. The van der Waals surface area contributed by atoms with Gasteiger partial charge >= 0.3 is 24.2 Å². The molecule has 0 aromatic heterocycles. The number of carboxylic acid groups (broad SMARTS) is 1. The zero-order chi connectivity index (χ0) is 25.8. The van der Waals surface area contributed by atoms with Crippen molar-refractivity contribution in [3.8, 4) is 0 Å². The number of aliphatic hydroxyl groups excluding tert-OH is 1. The third-order valence-electron chi connectivity index (χ3n) is 5.58. The molecule has 1 amide bonds. The average Bonchev–Trinajstić information content (AvgIpc) is 2.81. The summed E-state index contributed by atoms with van der Waals surface area (Å²) in [4.78, 5) is 24.5. The topological polar surface area (TPSA) is 87.1 Å². The molecule has 1 aliphatic rings. The maximum absolute atomic E-state index is 14.7. The van der Waals surface area contributed by atoms with Crippen LogP contribution in [0.1, 0.15) is 33.5 Å². The van der Waals surface area contributed by atoms with Gasteiger partial charge in [-0.15, -0.1) is 0 Å². The molecule has 0 unspecified atom stereocenters. The Morgan fingerprint density at radius 3 is 2.40 bits per heavy atom. The van der Waals surface area contributed by atoms with Crippen molar-refractivity contribution >= 4 is 12.1 Å². The lowest BCUT2D eigenvalue weighted by atomic mass is 9.99. The second-order valence-corrected chi connectivity index (χ2v) is 7.95.